The molecule has 5 heteroatoms. The quantitative estimate of drug-likeness (QED) is 0.710. The average molecular weight is 245 g/mol. The van der Waals surface area contributed by atoms with Crippen LogP contribution in [0, 0.1) is 11.6 Å². The summed E-state index contributed by atoms with van der Waals surface area (Å²) in [6.45, 7) is 5.07. The summed E-state index contributed by atoms with van der Waals surface area (Å²) < 4.78 is 35.8. The first-order valence-corrected chi connectivity index (χ1v) is 5.60. The third-order valence-electron chi connectivity index (χ3n) is 2.07. The molecule has 96 valence electrons. The minimum absolute atomic E-state index is 0.329. The number of benzene rings is 1. The first-order chi connectivity index (χ1) is 8.24. The Bertz CT molecular complexity index is 334. The van der Waals surface area contributed by atoms with Crippen LogP contribution in [0.15, 0.2) is 18.2 Å². The maximum Gasteiger partial charge on any atom is 0.162 e. The molecule has 1 aromatic carbocycles. The molecule has 0 aromatic heterocycles. The maximum absolute atomic E-state index is 12.8. The van der Waals surface area contributed by atoms with Gasteiger partial charge in [0.1, 0.15) is 12.4 Å². The Hall–Kier alpha value is -1.20. The Balaban J connectivity index is 2.11. The molecule has 0 unspecified atom stereocenters. The summed E-state index contributed by atoms with van der Waals surface area (Å²) in [4.78, 5) is 0. The molecule has 0 spiro atoms. The van der Waals surface area contributed by atoms with E-state index >= 15 is 0 Å². The van der Waals surface area contributed by atoms with Crippen molar-refractivity contribution in [2.24, 2.45) is 0 Å². The van der Waals surface area contributed by atoms with Crippen LogP contribution >= 0.6 is 0 Å². The normalized spacial score (nSPS) is 10.5. The zero-order valence-electron chi connectivity index (χ0n) is 9.84. The summed E-state index contributed by atoms with van der Waals surface area (Å²) >= 11 is 0. The molecule has 0 heterocycles. The maximum atomic E-state index is 12.8. The third kappa shape index (κ3) is 5.60. The van der Waals surface area contributed by atoms with Crippen LogP contribution in [0.5, 0.6) is 5.75 Å². The molecule has 17 heavy (non-hydrogen) atoms. The fraction of sp³-hybridized carbons (Fsp3) is 0.500. The van der Waals surface area contributed by atoms with Crippen LogP contribution in [-0.2, 0) is 4.74 Å². The number of hydrogen-bond donors (Lipinski definition) is 1. The molecule has 0 amide bonds. The molecule has 0 bridgehead atoms. The van der Waals surface area contributed by atoms with Crippen LogP contribution in [0.25, 0.3) is 0 Å². The Morgan fingerprint density at radius 2 is 1.88 bits per heavy atom. The zero-order chi connectivity index (χ0) is 12.5. The third-order valence-corrected chi connectivity index (χ3v) is 2.07. The number of nitrogens with one attached hydrogen (secondary N) is 1. The first kappa shape index (κ1) is 13.9. The Labute approximate surface area is 99.7 Å². The van der Waals surface area contributed by atoms with Gasteiger partial charge in [0.05, 0.1) is 6.61 Å². The number of ether oxygens (including phenoxy) is 2. The predicted octanol–water partition coefficient (Wildman–Crippen LogP) is 1.97. The summed E-state index contributed by atoms with van der Waals surface area (Å²) in [7, 11) is 0. The Morgan fingerprint density at radius 1 is 1.12 bits per heavy atom. The van der Waals surface area contributed by atoms with Crippen molar-refractivity contribution in [3.8, 4) is 5.75 Å². The molecule has 0 fully saturated rings. The molecule has 1 N–H and O–H groups in total. The van der Waals surface area contributed by atoms with E-state index in [4.69, 9.17) is 9.47 Å². The lowest BCUT2D eigenvalue weighted by molar-refractivity contribution is 0.148. The van der Waals surface area contributed by atoms with Crippen molar-refractivity contribution >= 4 is 0 Å². The van der Waals surface area contributed by atoms with E-state index in [1.165, 1.54) is 6.07 Å². The molecule has 0 radical (unpaired) electrons. The zero-order valence-corrected chi connectivity index (χ0v) is 9.84. The fourth-order valence-corrected chi connectivity index (χ4v) is 1.22. The van der Waals surface area contributed by atoms with Crippen molar-refractivity contribution in [1.29, 1.82) is 0 Å². The molecule has 0 saturated heterocycles. The van der Waals surface area contributed by atoms with E-state index in [1.807, 2.05) is 6.92 Å². The lowest BCUT2D eigenvalue weighted by Crippen LogP contribution is -2.25. The summed E-state index contributed by atoms with van der Waals surface area (Å²) in [5.74, 6) is -1.44. The molecule has 0 atom stereocenters. The van der Waals surface area contributed by atoms with E-state index in [9.17, 15) is 8.78 Å². The van der Waals surface area contributed by atoms with Crippen molar-refractivity contribution in [3.05, 3.63) is 29.8 Å². The second kappa shape index (κ2) is 7.97. The Kier molecular flexibility index (Phi) is 6.50. The largest absolute Gasteiger partial charge is 0.492 e. The molecule has 1 aromatic rings. The van der Waals surface area contributed by atoms with Gasteiger partial charge in [-0.25, -0.2) is 8.78 Å². The summed E-state index contributed by atoms with van der Waals surface area (Å²) in [6.07, 6.45) is 0. The van der Waals surface area contributed by atoms with Crippen molar-refractivity contribution in [3.63, 3.8) is 0 Å². The van der Waals surface area contributed by atoms with Crippen LogP contribution in [0.1, 0.15) is 6.92 Å². The highest BCUT2D eigenvalue weighted by Gasteiger charge is 2.02. The number of halogens is 2. The highest BCUT2D eigenvalue weighted by molar-refractivity contribution is 5.23. The van der Waals surface area contributed by atoms with E-state index in [0.29, 0.717) is 32.1 Å². The highest BCUT2D eigenvalue weighted by Crippen LogP contribution is 2.14. The second-order valence-electron chi connectivity index (χ2n) is 3.37. The van der Waals surface area contributed by atoms with E-state index in [-0.39, 0.29) is 0 Å². The average Bonchev–Trinajstić information content (AvgIpc) is 2.32. The van der Waals surface area contributed by atoms with E-state index in [1.54, 1.807) is 0 Å². The smallest absolute Gasteiger partial charge is 0.162 e. The predicted molar refractivity (Wildman–Crippen MR) is 61.2 cm³/mol. The first-order valence-electron chi connectivity index (χ1n) is 5.60. The second-order valence-corrected chi connectivity index (χ2v) is 3.37. The number of hydrogen-bond acceptors (Lipinski definition) is 3. The van der Waals surface area contributed by atoms with Crippen molar-refractivity contribution in [2.45, 2.75) is 6.92 Å². The molecular weight excluding hydrogens is 228 g/mol. The summed E-state index contributed by atoms with van der Waals surface area (Å²) in [5, 5.41) is 3.10. The van der Waals surface area contributed by atoms with Gasteiger partial charge in [-0.3, -0.25) is 0 Å². The highest BCUT2D eigenvalue weighted by atomic mass is 19.2. The van der Waals surface area contributed by atoms with Gasteiger partial charge in [0.25, 0.3) is 0 Å². The molecular formula is C12H17F2NO2. The minimum Gasteiger partial charge on any atom is -0.492 e. The van der Waals surface area contributed by atoms with Crippen LogP contribution in [0.2, 0.25) is 0 Å². The van der Waals surface area contributed by atoms with Crippen molar-refractivity contribution in [2.75, 3.05) is 32.9 Å². The van der Waals surface area contributed by atoms with Gasteiger partial charge >= 0.3 is 0 Å². The topological polar surface area (TPSA) is 30.5 Å². The van der Waals surface area contributed by atoms with Gasteiger partial charge in [-0.15, -0.1) is 0 Å². The lowest BCUT2D eigenvalue weighted by atomic mass is 10.3. The van der Waals surface area contributed by atoms with Crippen LogP contribution in [-0.4, -0.2) is 32.9 Å². The van der Waals surface area contributed by atoms with Crippen LogP contribution in [0.4, 0.5) is 8.78 Å². The van der Waals surface area contributed by atoms with Gasteiger partial charge in [0, 0.05) is 25.8 Å². The molecule has 3 nitrogen and oxygen atoms in total. The molecule has 0 saturated carbocycles. The SMILES string of the molecule is CCOCCNCCOc1ccc(F)c(F)c1. The summed E-state index contributed by atoms with van der Waals surface area (Å²) in [6, 6.07) is 3.49. The minimum atomic E-state index is -0.896. The molecule has 0 aliphatic carbocycles. The standard InChI is InChI=1S/C12H17F2NO2/c1-2-16-7-5-15-6-8-17-10-3-4-11(13)12(14)9-10/h3-4,9,15H,2,5-8H2,1H3. The van der Waals surface area contributed by atoms with Crippen LogP contribution in [0.3, 0.4) is 0 Å². The van der Waals surface area contributed by atoms with Crippen LogP contribution < -0.4 is 10.1 Å². The monoisotopic (exact) mass is 245 g/mol. The van der Waals surface area contributed by atoms with Gasteiger partial charge in [-0.1, -0.05) is 0 Å². The fourth-order valence-electron chi connectivity index (χ4n) is 1.22. The Morgan fingerprint density at radius 3 is 2.59 bits per heavy atom. The van der Waals surface area contributed by atoms with Gasteiger partial charge in [0.15, 0.2) is 11.6 Å². The molecule has 0 aliphatic rings. The van der Waals surface area contributed by atoms with Gasteiger partial charge < -0.3 is 14.8 Å². The van der Waals surface area contributed by atoms with Crippen molar-refractivity contribution < 1.29 is 18.3 Å². The molecule has 1 rings (SSSR count). The van der Waals surface area contributed by atoms with E-state index in [0.717, 1.165) is 18.7 Å². The lowest BCUT2D eigenvalue weighted by Gasteiger charge is -2.07. The van der Waals surface area contributed by atoms with E-state index < -0.39 is 11.6 Å². The van der Waals surface area contributed by atoms with Gasteiger partial charge in [0.2, 0.25) is 0 Å². The summed E-state index contributed by atoms with van der Waals surface area (Å²) in [5.41, 5.74) is 0. The van der Waals surface area contributed by atoms with Crippen molar-refractivity contribution in [1.82, 2.24) is 5.32 Å². The van der Waals surface area contributed by atoms with Gasteiger partial charge in [-0.05, 0) is 19.1 Å². The number of rotatable bonds is 8. The molecule has 0 aliphatic heterocycles. The van der Waals surface area contributed by atoms with E-state index in [2.05, 4.69) is 5.32 Å². The van der Waals surface area contributed by atoms with Gasteiger partial charge in [-0.2, -0.15) is 0 Å².